The van der Waals surface area contributed by atoms with Crippen LogP contribution >= 0.6 is 0 Å². The van der Waals surface area contributed by atoms with Gasteiger partial charge in [-0.3, -0.25) is 4.89 Å². The summed E-state index contributed by atoms with van der Waals surface area (Å²) in [5.41, 5.74) is 6.15. The molecule has 1 fully saturated rings. The average molecular weight is 289 g/mol. The van der Waals surface area contributed by atoms with Crippen LogP contribution in [-0.2, 0) is 9.78 Å². The summed E-state index contributed by atoms with van der Waals surface area (Å²) in [6.07, 6.45) is 6.16. The summed E-state index contributed by atoms with van der Waals surface area (Å²) in [7, 11) is 0. The second-order valence-electron chi connectivity index (χ2n) is 6.05. The van der Waals surface area contributed by atoms with Crippen molar-refractivity contribution in [3.05, 3.63) is 39.5 Å². The highest BCUT2D eigenvalue weighted by Gasteiger charge is 2.23. The fraction of sp³-hybridized carbons (Fsp3) is 0.556. The van der Waals surface area contributed by atoms with E-state index in [1.165, 1.54) is 12.0 Å². The van der Waals surface area contributed by atoms with Gasteiger partial charge < -0.3 is 0 Å². The van der Waals surface area contributed by atoms with E-state index in [2.05, 4.69) is 6.92 Å². The van der Waals surface area contributed by atoms with Crippen molar-refractivity contribution >= 4 is 5.97 Å². The maximum absolute atomic E-state index is 12.4. The first-order chi connectivity index (χ1) is 9.93. The molecule has 0 atom stereocenters. The minimum absolute atomic E-state index is 0.380. The first kappa shape index (κ1) is 16.0. The van der Waals surface area contributed by atoms with Crippen LogP contribution in [0.1, 0.15) is 70.3 Å². The zero-order valence-electron chi connectivity index (χ0n) is 13.8. The Morgan fingerprint density at radius 3 is 1.76 bits per heavy atom. The van der Waals surface area contributed by atoms with E-state index in [0.29, 0.717) is 5.56 Å². The number of carbonyl (C=O) groups excluding carboxylic acids is 1. The van der Waals surface area contributed by atoms with Crippen LogP contribution in [0, 0.1) is 40.7 Å². The highest BCUT2D eigenvalue weighted by Crippen LogP contribution is 2.29. The minimum atomic E-state index is -0.380. The molecular formula is C18H25O3. The van der Waals surface area contributed by atoms with Gasteiger partial charge in [0.1, 0.15) is 6.10 Å². The summed E-state index contributed by atoms with van der Waals surface area (Å²) in [5.74, 6) is -0.380. The molecule has 1 aliphatic rings. The summed E-state index contributed by atoms with van der Waals surface area (Å²) in [4.78, 5) is 22.8. The maximum atomic E-state index is 12.4. The van der Waals surface area contributed by atoms with E-state index in [9.17, 15) is 4.79 Å². The van der Waals surface area contributed by atoms with Crippen LogP contribution in [0.3, 0.4) is 0 Å². The van der Waals surface area contributed by atoms with Gasteiger partial charge >= 0.3 is 5.97 Å². The lowest BCUT2D eigenvalue weighted by molar-refractivity contribution is -0.239. The van der Waals surface area contributed by atoms with Crippen molar-refractivity contribution in [2.45, 2.75) is 66.7 Å². The average Bonchev–Trinajstić information content (AvgIpc) is 2.50. The van der Waals surface area contributed by atoms with Gasteiger partial charge in [0.15, 0.2) is 0 Å². The summed E-state index contributed by atoms with van der Waals surface area (Å²) in [6, 6.07) is 0. The third kappa shape index (κ3) is 3.29. The van der Waals surface area contributed by atoms with Crippen LogP contribution in [0.25, 0.3) is 0 Å². The van der Waals surface area contributed by atoms with Gasteiger partial charge in [-0.15, -0.1) is 0 Å². The summed E-state index contributed by atoms with van der Waals surface area (Å²) >= 11 is 0. The van der Waals surface area contributed by atoms with Crippen LogP contribution in [0.4, 0.5) is 0 Å². The van der Waals surface area contributed by atoms with Gasteiger partial charge in [-0.25, -0.2) is 4.79 Å². The number of benzene rings is 1. The molecule has 0 saturated heterocycles. The monoisotopic (exact) mass is 289 g/mol. The lowest BCUT2D eigenvalue weighted by Crippen LogP contribution is -2.16. The standard InChI is InChI=1S/C18H25O3/c1-11-12(2)14(4)17(15(5)13(11)3)18(19)21-20-16-9-7-6-8-10-16/h6-10H2,1-5H3. The molecule has 2 rings (SSSR count). The Kier molecular flexibility index (Phi) is 5.04. The molecule has 0 N–H and O–H groups in total. The molecule has 1 radical (unpaired) electrons. The largest absolute Gasteiger partial charge is 0.373 e. The molecule has 1 saturated carbocycles. The normalized spacial score (nSPS) is 16.0. The predicted molar refractivity (Wildman–Crippen MR) is 83.0 cm³/mol. The first-order valence-corrected chi connectivity index (χ1v) is 7.74. The number of rotatable bonds is 3. The maximum Gasteiger partial charge on any atom is 0.373 e. The molecule has 0 aliphatic heterocycles. The molecule has 1 aromatic carbocycles. The molecule has 3 heteroatoms. The highest BCUT2D eigenvalue weighted by atomic mass is 17.2. The fourth-order valence-corrected chi connectivity index (χ4v) is 2.97. The zero-order chi connectivity index (χ0) is 15.6. The van der Waals surface area contributed by atoms with Crippen molar-refractivity contribution in [3.8, 4) is 0 Å². The molecular weight excluding hydrogens is 264 g/mol. The van der Waals surface area contributed by atoms with Crippen molar-refractivity contribution in [1.29, 1.82) is 0 Å². The third-order valence-corrected chi connectivity index (χ3v) is 4.85. The molecule has 0 bridgehead atoms. The van der Waals surface area contributed by atoms with E-state index in [-0.39, 0.29) is 5.97 Å². The minimum Gasteiger partial charge on any atom is -0.292 e. The first-order valence-electron chi connectivity index (χ1n) is 7.74. The van der Waals surface area contributed by atoms with Gasteiger partial charge in [0.2, 0.25) is 0 Å². The van der Waals surface area contributed by atoms with Gasteiger partial charge in [0.05, 0.1) is 5.56 Å². The third-order valence-electron chi connectivity index (χ3n) is 4.85. The Bertz CT molecular complexity index is 511. The van der Waals surface area contributed by atoms with Crippen molar-refractivity contribution < 1.29 is 14.6 Å². The number of hydrogen-bond acceptors (Lipinski definition) is 3. The molecule has 115 valence electrons. The lowest BCUT2D eigenvalue weighted by Gasteiger charge is -2.20. The summed E-state index contributed by atoms with van der Waals surface area (Å²) in [5, 5.41) is 0. The molecule has 3 nitrogen and oxygen atoms in total. The Labute approximate surface area is 127 Å². The second-order valence-corrected chi connectivity index (χ2v) is 6.05. The number of hydrogen-bond donors (Lipinski definition) is 0. The molecule has 21 heavy (non-hydrogen) atoms. The van der Waals surface area contributed by atoms with Crippen LogP contribution in [0.5, 0.6) is 0 Å². The van der Waals surface area contributed by atoms with Crippen molar-refractivity contribution in [3.63, 3.8) is 0 Å². The van der Waals surface area contributed by atoms with Crippen LogP contribution in [-0.4, -0.2) is 5.97 Å². The molecule has 0 amide bonds. The van der Waals surface area contributed by atoms with Gasteiger partial charge in [-0.2, -0.15) is 4.89 Å². The van der Waals surface area contributed by atoms with Gasteiger partial charge in [0.25, 0.3) is 0 Å². The molecule has 0 heterocycles. The van der Waals surface area contributed by atoms with E-state index in [1.54, 1.807) is 0 Å². The topological polar surface area (TPSA) is 35.5 Å². The highest BCUT2D eigenvalue weighted by molar-refractivity contribution is 5.93. The smallest absolute Gasteiger partial charge is 0.292 e. The van der Waals surface area contributed by atoms with Gasteiger partial charge in [-0.1, -0.05) is 19.3 Å². The molecule has 1 aliphatic carbocycles. The van der Waals surface area contributed by atoms with Crippen molar-refractivity contribution in [2.75, 3.05) is 0 Å². The van der Waals surface area contributed by atoms with Crippen molar-refractivity contribution in [2.24, 2.45) is 0 Å². The van der Waals surface area contributed by atoms with Crippen LogP contribution in [0.2, 0.25) is 0 Å². The van der Waals surface area contributed by atoms with E-state index >= 15 is 0 Å². The fourth-order valence-electron chi connectivity index (χ4n) is 2.97. The molecule has 0 unspecified atom stereocenters. The van der Waals surface area contributed by atoms with E-state index in [1.807, 2.05) is 27.7 Å². The Balaban J connectivity index is 2.15. The Morgan fingerprint density at radius 1 is 0.762 bits per heavy atom. The molecule has 0 aromatic heterocycles. The van der Waals surface area contributed by atoms with E-state index in [0.717, 1.165) is 54.0 Å². The number of carbonyl (C=O) groups is 1. The zero-order valence-corrected chi connectivity index (χ0v) is 13.8. The summed E-state index contributed by atoms with van der Waals surface area (Å²) < 4.78 is 0. The van der Waals surface area contributed by atoms with Gasteiger partial charge in [-0.05, 0) is 75.3 Å². The van der Waals surface area contributed by atoms with E-state index < -0.39 is 0 Å². The Hall–Kier alpha value is -1.35. The predicted octanol–water partition coefficient (Wildman–Crippen LogP) is 4.81. The summed E-state index contributed by atoms with van der Waals surface area (Å²) in [6.45, 7) is 10.1. The van der Waals surface area contributed by atoms with Crippen LogP contribution < -0.4 is 0 Å². The van der Waals surface area contributed by atoms with Crippen molar-refractivity contribution in [1.82, 2.24) is 0 Å². The van der Waals surface area contributed by atoms with Gasteiger partial charge in [0, 0.05) is 0 Å². The quantitative estimate of drug-likeness (QED) is 0.591. The Morgan fingerprint density at radius 2 is 1.24 bits per heavy atom. The molecule has 1 aromatic rings. The second kappa shape index (κ2) is 6.61. The molecule has 0 spiro atoms. The lowest BCUT2D eigenvalue weighted by atomic mass is 9.90. The SMILES string of the molecule is Cc1c(C)c(C)c(C(=O)OO[C]2CCCCC2)c(C)c1C. The van der Waals surface area contributed by atoms with Crippen LogP contribution in [0.15, 0.2) is 0 Å². The van der Waals surface area contributed by atoms with E-state index in [4.69, 9.17) is 9.78 Å².